The molecule has 1 saturated heterocycles. The SMILES string of the molecule is Cn1nnc2c(=O)[nH]c(N3CCN(c4c(F)cc(OCC[C@@](C)(N)C(=O)O)cc4F)CC3)nc21. The average Bonchev–Trinajstić information content (AvgIpc) is 3.15. The lowest BCUT2D eigenvalue weighted by Gasteiger charge is -2.36. The highest BCUT2D eigenvalue weighted by Gasteiger charge is 2.28. The van der Waals surface area contributed by atoms with E-state index in [-0.39, 0.29) is 43.1 Å². The molecule has 1 aliphatic heterocycles. The van der Waals surface area contributed by atoms with Crippen LogP contribution in [-0.4, -0.2) is 74.4 Å². The van der Waals surface area contributed by atoms with E-state index >= 15 is 0 Å². The monoisotopic (exact) mass is 478 g/mol. The predicted molar refractivity (Wildman–Crippen MR) is 118 cm³/mol. The van der Waals surface area contributed by atoms with Gasteiger partial charge in [-0.25, -0.2) is 13.5 Å². The highest BCUT2D eigenvalue weighted by Crippen LogP contribution is 2.29. The number of fused-ring (bicyclic) bond motifs is 1. The minimum atomic E-state index is -1.51. The first-order chi connectivity index (χ1) is 16.1. The Balaban J connectivity index is 1.43. The highest BCUT2D eigenvalue weighted by atomic mass is 19.1. The van der Waals surface area contributed by atoms with E-state index in [0.29, 0.717) is 24.7 Å². The molecule has 14 heteroatoms. The van der Waals surface area contributed by atoms with Gasteiger partial charge in [0.1, 0.15) is 17.0 Å². The van der Waals surface area contributed by atoms with E-state index in [1.165, 1.54) is 11.6 Å². The number of ether oxygens (including phenoxy) is 1. The van der Waals surface area contributed by atoms with Crippen LogP contribution in [0.25, 0.3) is 11.2 Å². The normalized spacial score (nSPS) is 16.0. The van der Waals surface area contributed by atoms with Crippen molar-refractivity contribution < 1.29 is 23.4 Å². The van der Waals surface area contributed by atoms with Gasteiger partial charge in [-0.2, -0.15) is 4.98 Å². The molecule has 0 aliphatic carbocycles. The van der Waals surface area contributed by atoms with Crippen LogP contribution in [0.3, 0.4) is 0 Å². The maximum absolute atomic E-state index is 14.8. The third kappa shape index (κ3) is 4.48. The molecule has 0 radical (unpaired) electrons. The molecule has 182 valence electrons. The molecular weight excluding hydrogens is 454 g/mol. The van der Waals surface area contributed by atoms with Crippen LogP contribution < -0.4 is 25.8 Å². The van der Waals surface area contributed by atoms with E-state index in [1.807, 2.05) is 4.90 Å². The second-order valence-electron chi connectivity index (χ2n) is 8.31. The number of benzene rings is 1. The molecule has 4 N–H and O–H groups in total. The number of aromatic nitrogens is 5. The van der Waals surface area contributed by atoms with Crippen molar-refractivity contribution in [3.63, 3.8) is 0 Å². The number of piperazine rings is 1. The number of H-pyrrole nitrogens is 1. The standard InChI is InChI=1S/C20H24F2N8O4/c1-20(23,18(32)33)3-8-34-11-9-12(21)15(13(22)10-11)29-4-6-30(7-5-29)19-24-16-14(17(31)25-19)26-27-28(16)2/h9-10H,3-8,23H2,1-2H3,(H,32,33)(H,24,25,31)/t20-/m1/s1. The van der Waals surface area contributed by atoms with Gasteiger partial charge in [0.25, 0.3) is 5.56 Å². The van der Waals surface area contributed by atoms with Crippen LogP contribution in [-0.2, 0) is 11.8 Å². The first-order valence-corrected chi connectivity index (χ1v) is 10.5. The van der Waals surface area contributed by atoms with Crippen molar-refractivity contribution in [3.8, 4) is 5.75 Å². The van der Waals surface area contributed by atoms with E-state index in [4.69, 9.17) is 15.6 Å². The number of nitrogens with two attached hydrogens (primary N) is 1. The largest absolute Gasteiger partial charge is 0.493 e. The van der Waals surface area contributed by atoms with E-state index in [9.17, 15) is 18.4 Å². The van der Waals surface area contributed by atoms with Crippen LogP contribution in [0.1, 0.15) is 13.3 Å². The Labute approximate surface area is 191 Å². The zero-order valence-electron chi connectivity index (χ0n) is 18.6. The van der Waals surface area contributed by atoms with Gasteiger partial charge in [-0.05, 0) is 6.92 Å². The fourth-order valence-corrected chi connectivity index (χ4v) is 3.62. The van der Waals surface area contributed by atoms with Crippen LogP contribution in [0.15, 0.2) is 16.9 Å². The topological polar surface area (TPSA) is 155 Å². The molecule has 4 rings (SSSR count). The molecule has 2 aromatic heterocycles. The summed E-state index contributed by atoms with van der Waals surface area (Å²) in [5.74, 6) is -2.52. The van der Waals surface area contributed by atoms with Crippen LogP contribution in [0.2, 0.25) is 0 Å². The maximum atomic E-state index is 14.8. The van der Waals surface area contributed by atoms with Crippen molar-refractivity contribution in [1.29, 1.82) is 0 Å². The van der Waals surface area contributed by atoms with Crippen molar-refractivity contribution in [2.45, 2.75) is 18.9 Å². The number of nitrogens with zero attached hydrogens (tertiary/aromatic N) is 6. The van der Waals surface area contributed by atoms with Crippen LogP contribution in [0.5, 0.6) is 5.75 Å². The highest BCUT2D eigenvalue weighted by molar-refractivity contribution is 5.77. The smallest absolute Gasteiger partial charge is 0.323 e. The quantitative estimate of drug-likeness (QED) is 0.430. The molecule has 12 nitrogen and oxygen atoms in total. The minimum absolute atomic E-state index is 0.0356. The van der Waals surface area contributed by atoms with Crippen molar-refractivity contribution in [2.75, 3.05) is 42.6 Å². The maximum Gasteiger partial charge on any atom is 0.323 e. The van der Waals surface area contributed by atoms with E-state index in [2.05, 4.69) is 20.3 Å². The first-order valence-electron chi connectivity index (χ1n) is 10.5. The number of anilines is 2. The van der Waals surface area contributed by atoms with Gasteiger partial charge < -0.3 is 25.4 Å². The lowest BCUT2D eigenvalue weighted by atomic mass is 10.0. The summed E-state index contributed by atoms with van der Waals surface area (Å²) in [5, 5.41) is 16.6. The second kappa shape index (κ2) is 8.85. The Morgan fingerprint density at radius 2 is 1.85 bits per heavy atom. The predicted octanol–water partition coefficient (Wildman–Crippen LogP) is 0.227. The Kier molecular flexibility index (Phi) is 6.08. The summed E-state index contributed by atoms with van der Waals surface area (Å²) in [6, 6.07) is 2.11. The number of aromatic amines is 1. The number of carboxylic acid groups (broad SMARTS) is 1. The van der Waals surface area contributed by atoms with Crippen LogP contribution >= 0.6 is 0 Å². The molecule has 1 fully saturated rings. The number of hydrogen-bond acceptors (Lipinski definition) is 9. The number of aryl methyl sites for hydroxylation is 1. The van der Waals surface area contributed by atoms with Gasteiger partial charge in [0.2, 0.25) is 5.95 Å². The number of rotatable bonds is 7. The van der Waals surface area contributed by atoms with Crippen molar-refractivity contribution in [1.82, 2.24) is 25.0 Å². The number of carbonyl (C=O) groups is 1. The second-order valence-corrected chi connectivity index (χ2v) is 8.31. The number of carboxylic acids is 1. The molecule has 0 spiro atoms. The number of nitrogens with one attached hydrogen (secondary N) is 1. The summed E-state index contributed by atoms with van der Waals surface area (Å²) >= 11 is 0. The Hall–Kier alpha value is -3.81. The fourth-order valence-electron chi connectivity index (χ4n) is 3.62. The molecule has 3 aromatic rings. The van der Waals surface area contributed by atoms with Crippen molar-refractivity contribution in [2.24, 2.45) is 12.8 Å². The fraction of sp³-hybridized carbons (Fsp3) is 0.450. The van der Waals surface area contributed by atoms with Gasteiger partial charge in [-0.1, -0.05) is 5.21 Å². The summed E-state index contributed by atoms with van der Waals surface area (Å²) in [6.07, 6.45) is -0.0356. The van der Waals surface area contributed by atoms with Crippen molar-refractivity contribution in [3.05, 3.63) is 34.1 Å². The molecule has 1 aromatic carbocycles. The van der Waals surface area contributed by atoms with Crippen LogP contribution in [0, 0.1) is 11.6 Å². The molecule has 0 unspecified atom stereocenters. The first kappa shape index (κ1) is 23.4. The van der Waals surface area contributed by atoms with E-state index in [0.717, 1.165) is 12.1 Å². The number of halogens is 2. The molecule has 1 aliphatic rings. The summed E-state index contributed by atoms with van der Waals surface area (Å²) in [5.41, 5.74) is 3.99. The third-order valence-corrected chi connectivity index (χ3v) is 5.71. The zero-order chi connectivity index (χ0) is 24.6. The van der Waals surface area contributed by atoms with Crippen molar-refractivity contribution >= 4 is 28.8 Å². The molecular formula is C20H24F2N8O4. The number of aliphatic carboxylic acids is 1. The lowest BCUT2D eigenvalue weighted by Crippen LogP contribution is -2.48. The third-order valence-electron chi connectivity index (χ3n) is 5.71. The summed E-state index contributed by atoms with van der Waals surface area (Å²) in [6.45, 7) is 2.51. The summed E-state index contributed by atoms with van der Waals surface area (Å²) in [4.78, 5) is 33.7. The van der Waals surface area contributed by atoms with E-state index in [1.54, 1.807) is 11.9 Å². The molecule has 1 atom stereocenters. The summed E-state index contributed by atoms with van der Waals surface area (Å²) < 4.78 is 36.3. The average molecular weight is 478 g/mol. The molecule has 0 amide bonds. The molecule has 0 bridgehead atoms. The lowest BCUT2D eigenvalue weighted by molar-refractivity contribution is -0.143. The van der Waals surface area contributed by atoms with Gasteiger partial charge in [-0.15, -0.1) is 5.10 Å². The van der Waals surface area contributed by atoms with Gasteiger partial charge in [0.15, 0.2) is 22.8 Å². The molecule has 3 heterocycles. The molecule has 0 saturated carbocycles. The van der Waals surface area contributed by atoms with Crippen LogP contribution in [0.4, 0.5) is 20.4 Å². The zero-order valence-corrected chi connectivity index (χ0v) is 18.6. The Morgan fingerprint density at radius 1 is 1.24 bits per heavy atom. The van der Waals surface area contributed by atoms with Gasteiger partial charge in [0.05, 0.1) is 6.61 Å². The Morgan fingerprint density at radius 3 is 2.47 bits per heavy atom. The van der Waals surface area contributed by atoms with Gasteiger partial charge in [-0.3, -0.25) is 14.6 Å². The van der Waals surface area contributed by atoms with Gasteiger partial charge in [0, 0.05) is 51.8 Å². The van der Waals surface area contributed by atoms with Gasteiger partial charge >= 0.3 is 5.97 Å². The van der Waals surface area contributed by atoms with E-state index < -0.39 is 28.7 Å². The molecule has 34 heavy (non-hydrogen) atoms. The number of hydrogen-bond donors (Lipinski definition) is 3. The Bertz CT molecular complexity index is 1260. The minimum Gasteiger partial charge on any atom is -0.493 e. The summed E-state index contributed by atoms with van der Waals surface area (Å²) in [7, 11) is 1.63.